The molecule has 0 aliphatic heterocycles. The van der Waals surface area contributed by atoms with E-state index in [1.54, 1.807) is 27.0 Å². The van der Waals surface area contributed by atoms with Crippen LogP contribution in [0.25, 0.3) is 10.2 Å². The Balaban J connectivity index is 2.03. The van der Waals surface area contributed by atoms with E-state index in [4.69, 9.17) is 0 Å². The molecule has 3 aromatic rings. The monoisotopic (exact) mass is 358 g/mol. The van der Waals surface area contributed by atoms with Gasteiger partial charge in [-0.05, 0) is 25.5 Å². The number of thiophene rings is 1. The van der Waals surface area contributed by atoms with Crippen molar-refractivity contribution in [3.63, 3.8) is 0 Å². The number of carbonyl (C=O) groups is 1. The van der Waals surface area contributed by atoms with E-state index in [1.807, 2.05) is 0 Å². The highest BCUT2D eigenvalue weighted by molar-refractivity contribution is 7.20. The number of nitro groups is 1. The van der Waals surface area contributed by atoms with Gasteiger partial charge in [-0.25, -0.2) is 4.98 Å². The molecule has 3 rings (SSSR count). The third-order valence-electron chi connectivity index (χ3n) is 3.97. The number of nitrogens with zero attached hydrogens (tertiary/aromatic N) is 3. The molecule has 128 valence electrons. The predicted molar refractivity (Wildman–Crippen MR) is 95.4 cm³/mol. The van der Waals surface area contributed by atoms with Gasteiger partial charge in [0.25, 0.3) is 17.2 Å². The maximum absolute atomic E-state index is 12.6. The Hall–Kier alpha value is -3.07. The van der Waals surface area contributed by atoms with Crippen LogP contribution in [0.5, 0.6) is 0 Å². The highest BCUT2D eigenvalue weighted by Gasteiger charge is 2.21. The first kappa shape index (κ1) is 16.8. The largest absolute Gasteiger partial charge is 0.321 e. The van der Waals surface area contributed by atoms with Gasteiger partial charge in [-0.1, -0.05) is 6.07 Å². The van der Waals surface area contributed by atoms with Gasteiger partial charge in [-0.2, -0.15) is 0 Å². The first-order valence-electron chi connectivity index (χ1n) is 7.31. The maximum atomic E-state index is 12.6. The first-order valence-corrected chi connectivity index (χ1v) is 8.13. The Morgan fingerprint density at radius 3 is 2.72 bits per heavy atom. The van der Waals surface area contributed by atoms with Crippen molar-refractivity contribution in [3.8, 4) is 0 Å². The Labute approximate surface area is 145 Å². The second kappa shape index (κ2) is 6.10. The Kier molecular flexibility index (Phi) is 4.09. The molecule has 0 saturated carbocycles. The van der Waals surface area contributed by atoms with Crippen LogP contribution in [0, 0.1) is 24.0 Å². The van der Waals surface area contributed by atoms with Crippen molar-refractivity contribution in [2.45, 2.75) is 13.8 Å². The molecular formula is C16H14N4O4S. The SMILES string of the molecule is Cc1c(NC(=O)c2sc3ncn(C)c(=O)c3c2C)cccc1[N+](=O)[O-]. The van der Waals surface area contributed by atoms with Gasteiger partial charge >= 0.3 is 0 Å². The summed E-state index contributed by atoms with van der Waals surface area (Å²) < 4.78 is 1.36. The molecule has 0 aliphatic rings. The lowest BCUT2D eigenvalue weighted by atomic mass is 10.1. The van der Waals surface area contributed by atoms with E-state index in [-0.39, 0.29) is 11.2 Å². The normalized spacial score (nSPS) is 10.8. The van der Waals surface area contributed by atoms with Crippen molar-refractivity contribution in [2.75, 3.05) is 5.32 Å². The Bertz CT molecular complexity index is 1080. The number of rotatable bonds is 3. The highest BCUT2D eigenvalue weighted by atomic mass is 32.1. The van der Waals surface area contributed by atoms with Crippen molar-refractivity contribution in [1.82, 2.24) is 9.55 Å². The summed E-state index contributed by atoms with van der Waals surface area (Å²) in [5.41, 5.74) is 0.991. The Morgan fingerprint density at radius 2 is 2.04 bits per heavy atom. The van der Waals surface area contributed by atoms with Crippen molar-refractivity contribution in [2.24, 2.45) is 7.05 Å². The number of benzene rings is 1. The molecule has 0 bridgehead atoms. The van der Waals surface area contributed by atoms with Gasteiger partial charge in [0.15, 0.2) is 0 Å². The average Bonchev–Trinajstić information content (AvgIpc) is 2.90. The topological polar surface area (TPSA) is 107 Å². The lowest BCUT2D eigenvalue weighted by Crippen LogP contribution is -2.17. The van der Waals surface area contributed by atoms with E-state index in [1.165, 1.54) is 23.0 Å². The number of aromatic nitrogens is 2. The van der Waals surface area contributed by atoms with Crippen molar-refractivity contribution in [3.05, 3.63) is 61.0 Å². The molecule has 0 spiro atoms. The number of fused-ring (bicyclic) bond motifs is 1. The van der Waals surface area contributed by atoms with E-state index >= 15 is 0 Å². The van der Waals surface area contributed by atoms with E-state index in [0.29, 0.717) is 31.9 Å². The molecule has 1 aromatic carbocycles. The number of carbonyl (C=O) groups excluding carboxylic acids is 1. The number of hydrogen-bond donors (Lipinski definition) is 1. The lowest BCUT2D eigenvalue weighted by molar-refractivity contribution is -0.385. The summed E-state index contributed by atoms with van der Waals surface area (Å²) in [4.78, 5) is 40.4. The van der Waals surface area contributed by atoms with E-state index in [9.17, 15) is 19.7 Å². The van der Waals surface area contributed by atoms with Crippen molar-refractivity contribution >= 4 is 38.8 Å². The molecule has 2 heterocycles. The van der Waals surface area contributed by atoms with Gasteiger partial charge in [0.2, 0.25) is 0 Å². The second-order valence-corrected chi connectivity index (χ2v) is 6.56. The molecule has 0 fully saturated rings. The molecule has 0 atom stereocenters. The fraction of sp³-hybridized carbons (Fsp3) is 0.188. The standard InChI is InChI=1S/C16H14N4O4S/c1-8-10(5-4-6-11(8)20(23)24)18-14(21)13-9(2)12-15(25-13)17-7-19(3)16(12)22/h4-7H,1-3H3,(H,18,21). The molecule has 0 aliphatic carbocycles. The highest BCUT2D eigenvalue weighted by Crippen LogP contribution is 2.29. The summed E-state index contributed by atoms with van der Waals surface area (Å²) in [5.74, 6) is -0.425. The number of hydrogen-bond acceptors (Lipinski definition) is 6. The first-order chi connectivity index (χ1) is 11.8. The van der Waals surface area contributed by atoms with Crippen molar-refractivity contribution in [1.29, 1.82) is 0 Å². The number of aryl methyl sites for hydroxylation is 2. The van der Waals surface area contributed by atoms with Gasteiger partial charge in [0.05, 0.1) is 32.8 Å². The molecule has 0 unspecified atom stereocenters. The molecule has 25 heavy (non-hydrogen) atoms. The summed E-state index contributed by atoms with van der Waals surface area (Å²) in [6, 6.07) is 4.49. The summed E-state index contributed by atoms with van der Waals surface area (Å²) in [6.07, 6.45) is 1.41. The summed E-state index contributed by atoms with van der Waals surface area (Å²) in [5, 5.41) is 14.1. The minimum atomic E-state index is -0.497. The summed E-state index contributed by atoms with van der Waals surface area (Å²) in [6.45, 7) is 3.26. The second-order valence-electron chi connectivity index (χ2n) is 5.56. The van der Waals surface area contributed by atoms with Crippen LogP contribution < -0.4 is 10.9 Å². The van der Waals surface area contributed by atoms with Crippen LogP contribution in [0.15, 0.2) is 29.3 Å². The van der Waals surface area contributed by atoms with Gasteiger partial charge in [0.1, 0.15) is 4.83 Å². The predicted octanol–water partition coefficient (Wildman–Crippen LogP) is 2.77. The average molecular weight is 358 g/mol. The van der Waals surface area contributed by atoms with E-state index in [0.717, 1.165) is 11.3 Å². The molecule has 0 saturated heterocycles. The number of nitrogens with one attached hydrogen (secondary N) is 1. The zero-order valence-corrected chi connectivity index (χ0v) is 14.5. The molecule has 8 nitrogen and oxygen atoms in total. The molecule has 2 aromatic heterocycles. The number of nitro benzene ring substituents is 1. The summed E-state index contributed by atoms with van der Waals surface area (Å²) in [7, 11) is 1.60. The maximum Gasteiger partial charge on any atom is 0.274 e. The minimum Gasteiger partial charge on any atom is -0.321 e. The van der Waals surface area contributed by atoms with Gasteiger partial charge in [0, 0.05) is 13.1 Å². The van der Waals surface area contributed by atoms with E-state index in [2.05, 4.69) is 10.3 Å². The van der Waals surface area contributed by atoms with Crippen LogP contribution in [0.4, 0.5) is 11.4 Å². The third kappa shape index (κ3) is 2.78. The lowest BCUT2D eigenvalue weighted by Gasteiger charge is -2.08. The van der Waals surface area contributed by atoms with Crippen LogP contribution in [0.3, 0.4) is 0 Å². The molecule has 9 heteroatoms. The zero-order valence-electron chi connectivity index (χ0n) is 13.7. The number of anilines is 1. The van der Waals surface area contributed by atoms with Crippen LogP contribution in [-0.2, 0) is 7.05 Å². The van der Waals surface area contributed by atoms with Crippen LogP contribution in [-0.4, -0.2) is 20.4 Å². The van der Waals surface area contributed by atoms with Gasteiger partial charge in [-0.3, -0.25) is 19.7 Å². The fourth-order valence-electron chi connectivity index (χ4n) is 2.56. The van der Waals surface area contributed by atoms with Crippen LogP contribution >= 0.6 is 11.3 Å². The van der Waals surface area contributed by atoms with Crippen LogP contribution in [0.2, 0.25) is 0 Å². The molecule has 1 amide bonds. The molecule has 1 N–H and O–H groups in total. The number of amides is 1. The third-order valence-corrected chi connectivity index (χ3v) is 5.17. The van der Waals surface area contributed by atoms with Crippen LogP contribution in [0.1, 0.15) is 20.8 Å². The fourth-order valence-corrected chi connectivity index (χ4v) is 3.60. The smallest absolute Gasteiger partial charge is 0.274 e. The van der Waals surface area contributed by atoms with Gasteiger partial charge < -0.3 is 9.88 Å². The quantitative estimate of drug-likeness (QED) is 0.572. The molecular weight excluding hydrogens is 344 g/mol. The minimum absolute atomic E-state index is 0.0681. The van der Waals surface area contributed by atoms with E-state index < -0.39 is 10.8 Å². The summed E-state index contributed by atoms with van der Waals surface area (Å²) >= 11 is 1.12. The molecule has 0 radical (unpaired) electrons. The zero-order chi connectivity index (χ0) is 18.3. The van der Waals surface area contributed by atoms with Crippen molar-refractivity contribution < 1.29 is 9.72 Å². The van der Waals surface area contributed by atoms with Gasteiger partial charge in [-0.15, -0.1) is 11.3 Å². The Morgan fingerprint density at radius 1 is 1.32 bits per heavy atom.